The Morgan fingerprint density at radius 3 is 2.46 bits per heavy atom. The summed E-state index contributed by atoms with van der Waals surface area (Å²) in [6.45, 7) is 5.98. The number of ether oxygens (including phenoxy) is 1. The molecule has 2 saturated heterocycles. The molecule has 0 unspecified atom stereocenters. The zero-order valence-electron chi connectivity index (χ0n) is 19.8. The molecular weight excluding hydrogens is 453 g/mol. The highest BCUT2D eigenvalue weighted by atomic mass is 19.1. The molecule has 4 rings (SSSR count). The standard InChI is InChI=1S/C25H30FN5O4/c1-2-35-25(34)18-7-11-31(12-8-18)24(33)21-15-20(16-28-22(21)30-13-9-27-10-14-30)29-23(32)17-3-5-19(26)6-4-17/h3-6,15-16,18,27H,2,7-14H2,1H3,(H,29,32). The Balaban J connectivity index is 1.54. The first-order valence-corrected chi connectivity index (χ1v) is 11.9. The second-order valence-corrected chi connectivity index (χ2v) is 8.61. The van der Waals surface area contributed by atoms with Gasteiger partial charge in [-0.05, 0) is 50.1 Å². The van der Waals surface area contributed by atoms with Crippen molar-refractivity contribution >= 4 is 29.3 Å². The minimum absolute atomic E-state index is 0.189. The third-order valence-corrected chi connectivity index (χ3v) is 6.28. The monoisotopic (exact) mass is 483 g/mol. The van der Waals surface area contributed by atoms with Crippen LogP contribution in [0.4, 0.5) is 15.9 Å². The predicted octanol–water partition coefficient (Wildman–Crippen LogP) is 2.30. The fourth-order valence-electron chi connectivity index (χ4n) is 4.37. The highest BCUT2D eigenvalue weighted by Crippen LogP contribution is 2.27. The second kappa shape index (κ2) is 11.3. The van der Waals surface area contributed by atoms with Crippen LogP contribution in [0, 0.1) is 11.7 Å². The Hall–Kier alpha value is -3.53. The number of hydrogen-bond acceptors (Lipinski definition) is 7. The van der Waals surface area contributed by atoms with Gasteiger partial charge < -0.3 is 25.2 Å². The molecule has 1 aromatic carbocycles. The van der Waals surface area contributed by atoms with Crippen LogP contribution < -0.4 is 15.5 Å². The summed E-state index contributed by atoms with van der Waals surface area (Å²) < 4.78 is 18.3. The van der Waals surface area contributed by atoms with Gasteiger partial charge in [-0.15, -0.1) is 0 Å². The van der Waals surface area contributed by atoms with E-state index in [0.717, 1.165) is 13.1 Å². The van der Waals surface area contributed by atoms with E-state index in [1.165, 1.54) is 30.5 Å². The average Bonchev–Trinajstić information content (AvgIpc) is 2.89. The van der Waals surface area contributed by atoms with E-state index in [-0.39, 0.29) is 17.8 Å². The zero-order valence-corrected chi connectivity index (χ0v) is 19.8. The molecule has 35 heavy (non-hydrogen) atoms. The predicted molar refractivity (Wildman–Crippen MR) is 129 cm³/mol. The molecule has 186 valence electrons. The minimum Gasteiger partial charge on any atom is -0.466 e. The number of carbonyl (C=O) groups is 3. The van der Waals surface area contributed by atoms with E-state index in [9.17, 15) is 18.8 Å². The summed E-state index contributed by atoms with van der Waals surface area (Å²) in [6.07, 6.45) is 2.62. The van der Waals surface area contributed by atoms with Gasteiger partial charge in [-0.25, -0.2) is 9.37 Å². The number of pyridine rings is 1. The molecule has 2 aromatic rings. The molecule has 2 aliphatic heterocycles. The fraction of sp³-hybridized carbons (Fsp3) is 0.440. The van der Waals surface area contributed by atoms with Crippen molar-refractivity contribution in [2.75, 3.05) is 56.1 Å². The largest absolute Gasteiger partial charge is 0.466 e. The van der Waals surface area contributed by atoms with E-state index in [2.05, 4.69) is 20.5 Å². The van der Waals surface area contributed by atoms with Gasteiger partial charge in [0.25, 0.3) is 11.8 Å². The Morgan fingerprint density at radius 1 is 1.11 bits per heavy atom. The highest BCUT2D eigenvalue weighted by molar-refractivity contribution is 6.06. The lowest BCUT2D eigenvalue weighted by molar-refractivity contribution is -0.149. The van der Waals surface area contributed by atoms with Crippen LogP contribution in [0.25, 0.3) is 0 Å². The number of likely N-dealkylation sites (tertiary alicyclic amines) is 1. The van der Waals surface area contributed by atoms with E-state index in [0.29, 0.717) is 68.3 Å². The Morgan fingerprint density at radius 2 is 1.80 bits per heavy atom. The maximum Gasteiger partial charge on any atom is 0.309 e. The highest BCUT2D eigenvalue weighted by Gasteiger charge is 2.31. The molecule has 2 N–H and O–H groups in total. The first-order chi connectivity index (χ1) is 17.0. The smallest absolute Gasteiger partial charge is 0.309 e. The Kier molecular flexibility index (Phi) is 7.91. The molecule has 2 aliphatic rings. The summed E-state index contributed by atoms with van der Waals surface area (Å²) in [5.74, 6) is -0.882. The van der Waals surface area contributed by atoms with Crippen LogP contribution in [0.1, 0.15) is 40.5 Å². The Bertz CT molecular complexity index is 1060. The Labute approximate surface area is 203 Å². The van der Waals surface area contributed by atoms with Crippen LogP contribution in [0.2, 0.25) is 0 Å². The summed E-state index contributed by atoms with van der Waals surface area (Å²) >= 11 is 0. The number of piperazine rings is 1. The number of nitrogens with one attached hydrogen (secondary N) is 2. The van der Waals surface area contributed by atoms with Crippen LogP contribution in [0.3, 0.4) is 0 Å². The topological polar surface area (TPSA) is 104 Å². The van der Waals surface area contributed by atoms with E-state index < -0.39 is 11.7 Å². The zero-order chi connectivity index (χ0) is 24.8. The molecule has 2 fully saturated rings. The number of rotatable bonds is 6. The molecule has 0 spiro atoms. The summed E-state index contributed by atoms with van der Waals surface area (Å²) in [4.78, 5) is 46.6. The summed E-state index contributed by atoms with van der Waals surface area (Å²) in [5, 5.41) is 6.04. The van der Waals surface area contributed by atoms with E-state index in [1.54, 1.807) is 17.9 Å². The van der Waals surface area contributed by atoms with Crippen molar-refractivity contribution in [1.82, 2.24) is 15.2 Å². The molecule has 0 radical (unpaired) electrons. The number of amides is 2. The van der Waals surface area contributed by atoms with Gasteiger partial charge in [0.05, 0.1) is 30.0 Å². The van der Waals surface area contributed by atoms with Crippen molar-refractivity contribution in [3.8, 4) is 0 Å². The van der Waals surface area contributed by atoms with Crippen molar-refractivity contribution in [1.29, 1.82) is 0 Å². The third kappa shape index (κ3) is 5.94. The van der Waals surface area contributed by atoms with Crippen LogP contribution in [0.5, 0.6) is 0 Å². The number of carbonyl (C=O) groups excluding carboxylic acids is 3. The lowest BCUT2D eigenvalue weighted by Crippen LogP contribution is -2.45. The number of nitrogens with zero attached hydrogens (tertiary/aromatic N) is 3. The van der Waals surface area contributed by atoms with Gasteiger partial charge in [0.2, 0.25) is 0 Å². The quantitative estimate of drug-likeness (QED) is 0.608. The lowest BCUT2D eigenvalue weighted by atomic mass is 9.96. The molecule has 0 saturated carbocycles. The minimum atomic E-state index is -0.428. The third-order valence-electron chi connectivity index (χ3n) is 6.28. The number of aromatic nitrogens is 1. The maximum absolute atomic E-state index is 13.6. The molecule has 0 atom stereocenters. The normalized spacial score (nSPS) is 16.6. The van der Waals surface area contributed by atoms with Crippen molar-refractivity contribution in [2.24, 2.45) is 5.92 Å². The molecule has 0 aliphatic carbocycles. The van der Waals surface area contributed by atoms with Gasteiger partial charge in [0, 0.05) is 44.8 Å². The van der Waals surface area contributed by atoms with E-state index >= 15 is 0 Å². The molecule has 3 heterocycles. The van der Waals surface area contributed by atoms with Crippen LogP contribution in [-0.4, -0.2) is 73.5 Å². The van der Waals surface area contributed by atoms with Gasteiger partial charge >= 0.3 is 5.97 Å². The van der Waals surface area contributed by atoms with Gasteiger partial charge in [0.15, 0.2) is 0 Å². The van der Waals surface area contributed by atoms with E-state index in [1.807, 2.05) is 0 Å². The number of piperidine rings is 1. The van der Waals surface area contributed by atoms with Gasteiger partial charge in [-0.2, -0.15) is 0 Å². The number of hydrogen-bond donors (Lipinski definition) is 2. The molecular formula is C25H30FN5O4. The number of anilines is 2. The fourth-order valence-corrected chi connectivity index (χ4v) is 4.37. The van der Waals surface area contributed by atoms with Crippen LogP contribution in [0.15, 0.2) is 36.5 Å². The molecule has 0 bridgehead atoms. The second-order valence-electron chi connectivity index (χ2n) is 8.61. The van der Waals surface area contributed by atoms with Gasteiger partial charge in [0.1, 0.15) is 11.6 Å². The summed E-state index contributed by atoms with van der Waals surface area (Å²) in [5.41, 5.74) is 1.08. The summed E-state index contributed by atoms with van der Waals surface area (Å²) in [6, 6.07) is 6.87. The number of halogens is 1. The first-order valence-electron chi connectivity index (χ1n) is 11.9. The maximum atomic E-state index is 13.6. The summed E-state index contributed by atoms with van der Waals surface area (Å²) in [7, 11) is 0. The van der Waals surface area contributed by atoms with Gasteiger partial charge in [-0.1, -0.05) is 0 Å². The molecule has 1 aromatic heterocycles. The SMILES string of the molecule is CCOC(=O)C1CCN(C(=O)c2cc(NC(=O)c3ccc(F)cc3)cnc2N2CCNCC2)CC1. The first kappa shape index (κ1) is 24.6. The van der Waals surface area contributed by atoms with Crippen molar-refractivity contribution in [3.63, 3.8) is 0 Å². The van der Waals surface area contributed by atoms with Crippen molar-refractivity contribution in [3.05, 3.63) is 53.5 Å². The van der Waals surface area contributed by atoms with Gasteiger partial charge in [-0.3, -0.25) is 14.4 Å². The number of esters is 1. The van der Waals surface area contributed by atoms with E-state index in [4.69, 9.17) is 4.74 Å². The lowest BCUT2D eigenvalue weighted by Gasteiger charge is -2.33. The number of benzene rings is 1. The van der Waals surface area contributed by atoms with Crippen LogP contribution in [-0.2, 0) is 9.53 Å². The molecule has 9 nitrogen and oxygen atoms in total. The molecule has 10 heteroatoms. The average molecular weight is 484 g/mol. The van der Waals surface area contributed by atoms with Crippen LogP contribution >= 0.6 is 0 Å². The van der Waals surface area contributed by atoms with Crippen molar-refractivity contribution < 1.29 is 23.5 Å². The molecule has 2 amide bonds. The van der Waals surface area contributed by atoms with Crippen molar-refractivity contribution in [2.45, 2.75) is 19.8 Å².